The normalized spacial score (nSPS) is 12.1. The van der Waals surface area contributed by atoms with Crippen molar-refractivity contribution in [3.05, 3.63) is 93.8 Å². The van der Waals surface area contributed by atoms with E-state index < -0.39 is 5.97 Å². The highest BCUT2D eigenvalue weighted by Crippen LogP contribution is 2.25. The molecule has 0 radical (unpaired) electrons. The SMILES string of the molecule is Cc1cccc(Cn2c(C)c(CNC(C)c3ccccc3)c(C(=O)O)c2C)c1. The van der Waals surface area contributed by atoms with Gasteiger partial charge in [0.1, 0.15) is 0 Å². The van der Waals surface area contributed by atoms with Gasteiger partial charge in [0.15, 0.2) is 0 Å². The molecule has 146 valence electrons. The molecule has 28 heavy (non-hydrogen) atoms. The van der Waals surface area contributed by atoms with Crippen molar-refractivity contribution in [1.82, 2.24) is 9.88 Å². The van der Waals surface area contributed by atoms with Crippen molar-refractivity contribution in [2.75, 3.05) is 0 Å². The van der Waals surface area contributed by atoms with Crippen LogP contribution in [0.4, 0.5) is 0 Å². The number of nitrogens with one attached hydrogen (secondary N) is 1. The van der Waals surface area contributed by atoms with Crippen molar-refractivity contribution < 1.29 is 9.90 Å². The van der Waals surface area contributed by atoms with Crippen LogP contribution in [0.15, 0.2) is 54.6 Å². The second kappa shape index (κ2) is 8.44. The van der Waals surface area contributed by atoms with Gasteiger partial charge in [-0.3, -0.25) is 0 Å². The monoisotopic (exact) mass is 376 g/mol. The number of hydrogen-bond donors (Lipinski definition) is 2. The van der Waals surface area contributed by atoms with Gasteiger partial charge in [-0.05, 0) is 38.8 Å². The summed E-state index contributed by atoms with van der Waals surface area (Å²) in [5, 5.41) is 13.3. The van der Waals surface area contributed by atoms with Gasteiger partial charge >= 0.3 is 5.97 Å². The number of carboxylic acid groups (broad SMARTS) is 1. The average molecular weight is 377 g/mol. The van der Waals surface area contributed by atoms with E-state index in [2.05, 4.69) is 54.1 Å². The minimum absolute atomic E-state index is 0.141. The second-order valence-electron chi connectivity index (χ2n) is 7.42. The fourth-order valence-electron chi connectivity index (χ4n) is 3.79. The third-order valence-corrected chi connectivity index (χ3v) is 5.43. The van der Waals surface area contributed by atoms with Gasteiger partial charge in [0.25, 0.3) is 0 Å². The molecular formula is C24H28N2O2. The van der Waals surface area contributed by atoms with E-state index in [1.807, 2.05) is 38.1 Å². The molecule has 1 unspecified atom stereocenters. The molecule has 0 amide bonds. The average Bonchev–Trinajstić information content (AvgIpc) is 2.91. The van der Waals surface area contributed by atoms with Gasteiger partial charge in [0, 0.05) is 36.1 Å². The van der Waals surface area contributed by atoms with Gasteiger partial charge in [-0.25, -0.2) is 4.79 Å². The molecule has 0 saturated carbocycles. The number of carbonyl (C=O) groups is 1. The molecule has 1 aromatic heterocycles. The standard InChI is InChI=1S/C24H28N2O2/c1-16-9-8-10-20(13-16)15-26-18(3)22(23(19(26)4)24(27)28)14-25-17(2)21-11-6-5-7-12-21/h5-13,17,25H,14-15H2,1-4H3,(H,27,28). The van der Waals surface area contributed by atoms with Crippen molar-refractivity contribution >= 4 is 5.97 Å². The number of aryl methyl sites for hydroxylation is 1. The Morgan fingerprint density at radius 1 is 1.04 bits per heavy atom. The van der Waals surface area contributed by atoms with Gasteiger partial charge in [-0.2, -0.15) is 0 Å². The molecule has 3 rings (SSSR count). The lowest BCUT2D eigenvalue weighted by atomic mass is 10.1. The molecule has 0 aliphatic heterocycles. The van der Waals surface area contributed by atoms with Crippen LogP contribution < -0.4 is 5.32 Å². The molecule has 0 aliphatic rings. The van der Waals surface area contributed by atoms with Crippen molar-refractivity contribution in [3.8, 4) is 0 Å². The molecule has 1 atom stereocenters. The molecule has 2 aromatic carbocycles. The lowest BCUT2D eigenvalue weighted by molar-refractivity contribution is 0.0694. The Morgan fingerprint density at radius 2 is 1.75 bits per heavy atom. The third kappa shape index (κ3) is 4.18. The first kappa shape index (κ1) is 19.9. The van der Waals surface area contributed by atoms with E-state index in [1.165, 1.54) is 16.7 Å². The Balaban J connectivity index is 1.89. The van der Waals surface area contributed by atoms with Crippen LogP contribution in [0.2, 0.25) is 0 Å². The molecule has 4 nitrogen and oxygen atoms in total. The van der Waals surface area contributed by atoms with E-state index in [4.69, 9.17) is 0 Å². The summed E-state index contributed by atoms with van der Waals surface area (Å²) in [6, 6.07) is 18.7. The smallest absolute Gasteiger partial charge is 0.337 e. The van der Waals surface area contributed by atoms with E-state index in [9.17, 15) is 9.90 Å². The molecule has 2 N–H and O–H groups in total. The molecule has 3 aromatic rings. The Labute approximate surface area is 166 Å². The first-order chi connectivity index (χ1) is 13.4. The topological polar surface area (TPSA) is 54.3 Å². The minimum atomic E-state index is -0.868. The van der Waals surface area contributed by atoms with Crippen LogP contribution in [0.5, 0.6) is 0 Å². The number of rotatable bonds is 7. The van der Waals surface area contributed by atoms with Gasteiger partial charge < -0.3 is 15.0 Å². The van der Waals surface area contributed by atoms with Crippen LogP contribution in [0.1, 0.15) is 57.0 Å². The molecule has 0 saturated heterocycles. The van der Waals surface area contributed by atoms with Crippen molar-refractivity contribution in [3.63, 3.8) is 0 Å². The van der Waals surface area contributed by atoms with Crippen molar-refractivity contribution in [2.45, 2.75) is 46.8 Å². The van der Waals surface area contributed by atoms with E-state index in [0.29, 0.717) is 18.7 Å². The Morgan fingerprint density at radius 3 is 2.39 bits per heavy atom. The number of hydrogen-bond acceptors (Lipinski definition) is 2. The predicted molar refractivity (Wildman–Crippen MR) is 113 cm³/mol. The van der Waals surface area contributed by atoms with E-state index in [-0.39, 0.29) is 6.04 Å². The lowest BCUT2D eigenvalue weighted by Gasteiger charge is -2.15. The van der Waals surface area contributed by atoms with Crippen LogP contribution in [0.25, 0.3) is 0 Å². The summed E-state index contributed by atoms with van der Waals surface area (Å²) in [4.78, 5) is 12.0. The number of benzene rings is 2. The summed E-state index contributed by atoms with van der Waals surface area (Å²) < 4.78 is 2.11. The molecule has 0 bridgehead atoms. The van der Waals surface area contributed by atoms with Gasteiger partial charge in [-0.1, -0.05) is 60.2 Å². The van der Waals surface area contributed by atoms with Crippen molar-refractivity contribution in [2.24, 2.45) is 0 Å². The zero-order chi connectivity index (χ0) is 20.3. The number of nitrogens with zero attached hydrogens (tertiary/aromatic N) is 1. The second-order valence-corrected chi connectivity index (χ2v) is 7.42. The predicted octanol–water partition coefficient (Wildman–Crippen LogP) is 5.01. The third-order valence-electron chi connectivity index (χ3n) is 5.43. The lowest BCUT2D eigenvalue weighted by Crippen LogP contribution is -2.19. The zero-order valence-corrected chi connectivity index (χ0v) is 17.0. The van der Waals surface area contributed by atoms with Gasteiger partial charge in [0.2, 0.25) is 0 Å². The van der Waals surface area contributed by atoms with Gasteiger partial charge in [0.05, 0.1) is 5.56 Å². The number of aromatic nitrogens is 1. The summed E-state index contributed by atoms with van der Waals surface area (Å²) in [5.41, 5.74) is 6.65. The van der Waals surface area contributed by atoms with Crippen molar-refractivity contribution in [1.29, 1.82) is 0 Å². The molecule has 1 heterocycles. The fourth-order valence-corrected chi connectivity index (χ4v) is 3.79. The summed E-state index contributed by atoms with van der Waals surface area (Å²) in [5.74, 6) is -0.868. The maximum absolute atomic E-state index is 12.0. The summed E-state index contributed by atoms with van der Waals surface area (Å²) in [6.45, 7) is 9.28. The molecule has 0 aliphatic carbocycles. The van der Waals surface area contributed by atoms with Crippen LogP contribution in [-0.4, -0.2) is 15.6 Å². The number of aromatic carboxylic acids is 1. The summed E-state index contributed by atoms with van der Waals surface area (Å²) in [7, 11) is 0. The molecular weight excluding hydrogens is 348 g/mol. The first-order valence-electron chi connectivity index (χ1n) is 9.64. The summed E-state index contributed by atoms with van der Waals surface area (Å²) >= 11 is 0. The highest BCUT2D eigenvalue weighted by Gasteiger charge is 2.23. The highest BCUT2D eigenvalue weighted by molar-refractivity contribution is 5.91. The van der Waals surface area contributed by atoms with Crippen LogP contribution in [-0.2, 0) is 13.1 Å². The van der Waals surface area contributed by atoms with E-state index in [0.717, 1.165) is 17.0 Å². The Hall–Kier alpha value is -2.85. The molecule has 0 spiro atoms. The Kier molecular flexibility index (Phi) is 6.00. The minimum Gasteiger partial charge on any atom is -0.478 e. The van der Waals surface area contributed by atoms with Gasteiger partial charge in [-0.15, -0.1) is 0 Å². The highest BCUT2D eigenvalue weighted by atomic mass is 16.4. The van der Waals surface area contributed by atoms with E-state index in [1.54, 1.807) is 0 Å². The quantitative estimate of drug-likeness (QED) is 0.609. The van der Waals surface area contributed by atoms with Crippen LogP contribution in [0.3, 0.4) is 0 Å². The Bertz CT molecular complexity index is 974. The molecule has 4 heteroatoms. The number of carboxylic acids is 1. The van der Waals surface area contributed by atoms with Crippen LogP contribution >= 0.6 is 0 Å². The van der Waals surface area contributed by atoms with E-state index >= 15 is 0 Å². The summed E-state index contributed by atoms with van der Waals surface area (Å²) in [6.07, 6.45) is 0. The largest absolute Gasteiger partial charge is 0.478 e. The van der Waals surface area contributed by atoms with Crippen LogP contribution in [0, 0.1) is 20.8 Å². The maximum Gasteiger partial charge on any atom is 0.337 e. The maximum atomic E-state index is 12.0. The first-order valence-corrected chi connectivity index (χ1v) is 9.64. The zero-order valence-electron chi connectivity index (χ0n) is 17.0. The molecule has 0 fully saturated rings. The fraction of sp³-hybridized carbons (Fsp3) is 0.292.